The molecule has 1 unspecified atom stereocenters. The highest BCUT2D eigenvalue weighted by Gasteiger charge is 2.10. The quantitative estimate of drug-likeness (QED) is 0.855. The Hall–Kier alpha value is -2.15. The predicted octanol–water partition coefficient (Wildman–Crippen LogP) is 3.42. The second-order valence-electron chi connectivity index (χ2n) is 4.48. The molecule has 0 bridgehead atoms. The van der Waals surface area contributed by atoms with Crippen molar-refractivity contribution in [2.75, 3.05) is 6.61 Å². The summed E-state index contributed by atoms with van der Waals surface area (Å²) in [4.78, 5) is 11.0. The molecule has 2 aromatic carbocycles. The lowest BCUT2D eigenvalue weighted by Crippen LogP contribution is -1.96. The lowest BCUT2D eigenvalue weighted by molar-refractivity contribution is 0.0697. The highest BCUT2D eigenvalue weighted by molar-refractivity contribution is 7.38. The van der Waals surface area contributed by atoms with Gasteiger partial charge in [-0.1, -0.05) is 12.1 Å². The molecule has 0 radical (unpaired) electrons. The molecule has 1 atom stereocenters. The number of nitrogens with zero attached hydrogens (tertiary/aromatic N) is 1. The van der Waals surface area contributed by atoms with Gasteiger partial charge in [0.15, 0.2) is 8.03 Å². The lowest BCUT2D eigenvalue weighted by Gasteiger charge is -2.07. The van der Waals surface area contributed by atoms with Crippen LogP contribution in [-0.2, 0) is 15.3 Å². The second-order valence-corrected chi connectivity index (χ2v) is 5.86. The molecular formula is C15H14NO4P. The Labute approximate surface area is 122 Å². The molecule has 0 aliphatic rings. The number of carboxylic acid groups (broad SMARTS) is 1. The number of nitriles is 1. The summed E-state index contributed by atoms with van der Waals surface area (Å²) >= 11 is 0. The van der Waals surface area contributed by atoms with Crippen molar-refractivity contribution >= 4 is 24.8 Å². The molecule has 0 saturated heterocycles. The normalized spacial score (nSPS) is 12.0. The largest absolute Gasteiger partial charge is 0.478 e. The van der Waals surface area contributed by atoms with Gasteiger partial charge < -0.3 is 9.63 Å². The summed E-state index contributed by atoms with van der Waals surface area (Å²) in [5.74, 6) is -1.02. The van der Waals surface area contributed by atoms with Gasteiger partial charge in [-0.05, 0) is 41.5 Å². The van der Waals surface area contributed by atoms with Gasteiger partial charge in [-0.2, -0.15) is 5.26 Å². The summed E-state index contributed by atoms with van der Waals surface area (Å²) in [6.45, 7) is 2.14. The maximum atomic E-state index is 11.7. The van der Waals surface area contributed by atoms with Crippen LogP contribution in [0.5, 0.6) is 0 Å². The smallest absolute Gasteiger partial charge is 0.335 e. The fraction of sp³-hybridized carbons (Fsp3) is 0.200. The number of hydrogen-bond acceptors (Lipinski definition) is 4. The first-order chi connectivity index (χ1) is 10.0. The molecule has 0 saturated carbocycles. The topological polar surface area (TPSA) is 87.4 Å². The molecule has 1 N–H and O–H groups in total. The number of rotatable bonds is 5. The Morgan fingerprint density at radius 2 is 2.14 bits per heavy atom. The highest BCUT2D eigenvalue weighted by Crippen LogP contribution is 2.31. The molecule has 2 rings (SSSR count). The summed E-state index contributed by atoms with van der Waals surface area (Å²) in [6.07, 6.45) is 0.237. The average Bonchev–Trinajstić information content (AvgIpc) is 2.45. The summed E-state index contributed by atoms with van der Waals surface area (Å²) in [7, 11) is -2.19. The van der Waals surface area contributed by atoms with Crippen molar-refractivity contribution in [2.45, 2.75) is 13.1 Å². The zero-order chi connectivity index (χ0) is 15.4. The van der Waals surface area contributed by atoms with E-state index >= 15 is 0 Å². The molecule has 2 aromatic rings. The van der Waals surface area contributed by atoms with Crippen molar-refractivity contribution in [1.29, 1.82) is 5.26 Å². The van der Waals surface area contributed by atoms with E-state index in [1.54, 1.807) is 25.1 Å². The van der Waals surface area contributed by atoms with E-state index in [4.69, 9.17) is 9.63 Å². The summed E-state index contributed by atoms with van der Waals surface area (Å²) in [5.41, 5.74) is 1.30. The van der Waals surface area contributed by atoms with Gasteiger partial charge in [-0.25, -0.2) is 4.79 Å². The van der Waals surface area contributed by atoms with E-state index in [-0.39, 0.29) is 11.7 Å². The lowest BCUT2D eigenvalue weighted by atomic mass is 10.00. The van der Waals surface area contributed by atoms with Crippen molar-refractivity contribution in [3.63, 3.8) is 0 Å². The Morgan fingerprint density at radius 3 is 2.76 bits per heavy atom. The van der Waals surface area contributed by atoms with Gasteiger partial charge in [0.2, 0.25) is 0 Å². The molecule has 6 heteroatoms. The van der Waals surface area contributed by atoms with E-state index in [0.717, 1.165) is 0 Å². The molecule has 0 aliphatic carbocycles. The van der Waals surface area contributed by atoms with E-state index < -0.39 is 14.0 Å². The van der Waals surface area contributed by atoms with E-state index in [2.05, 4.69) is 6.07 Å². The maximum absolute atomic E-state index is 11.7. The number of benzene rings is 2. The fourth-order valence-corrected chi connectivity index (χ4v) is 3.10. The zero-order valence-corrected chi connectivity index (χ0v) is 12.4. The van der Waals surface area contributed by atoms with Crippen LogP contribution in [0.3, 0.4) is 0 Å². The second kappa shape index (κ2) is 6.53. The Morgan fingerprint density at radius 1 is 1.38 bits per heavy atom. The SMILES string of the molecule is CCO[PH](=O)Cc1cc(C#N)c2ccc(C(=O)O)cc2c1. The van der Waals surface area contributed by atoms with Gasteiger partial charge in [0, 0.05) is 6.16 Å². The number of aromatic carboxylic acids is 1. The van der Waals surface area contributed by atoms with Gasteiger partial charge in [-0.15, -0.1) is 0 Å². The van der Waals surface area contributed by atoms with Crippen molar-refractivity contribution in [3.05, 3.63) is 47.0 Å². The molecule has 5 nitrogen and oxygen atoms in total. The van der Waals surface area contributed by atoms with Crippen LogP contribution in [0.15, 0.2) is 30.3 Å². The van der Waals surface area contributed by atoms with Crippen molar-refractivity contribution < 1.29 is 19.0 Å². The van der Waals surface area contributed by atoms with Crippen LogP contribution >= 0.6 is 8.03 Å². The fourth-order valence-electron chi connectivity index (χ4n) is 2.14. The van der Waals surface area contributed by atoms with Crippen LogP contribution in [0.2, 0.25) is 0 Å². The number of hydrogen-bond donors (Lipinski definition) is 1. The van der Waals surface area contributed by atoms with E-state index in [0.29, 0.717) is 28.5 Å². The van der Waals surface area contributed by atoms with Crippen molar-refractivity contribution in [1.82, 2.24) is 0 Å². The minimum absolute atomic E-state index is 0.154. The van der Waals surface area contributed by atoms with Crippen LogP contribution in [0.4, 0.5) is 0 Å². The van der Waals surface area contributed by atoms with Crippen LogP contribution in [0.1, 0.15) is 28.4 Å². The molecule has 0 aliphatic heterocycles. The minimum atomic E-state index is -2.19. The van der Waals surface area contributed by atoms with Crippen LogP contribution in [0.25, 0.3) is 10.8 Å². The number of carbonyl (C=O) groups is 1. The van der Waals surface area contributed by atoms with Crippen molar-refractivity contribution in [3.8, 4) is 6.07 Å². The van der Waals surface area contributed by atoms with Crippen LogP contribution in [-0.4, -0.2) is 17.7 Å². The molecule has 0 heterocycles. The van der Waals surface area contributed by atoms with E-state index in [9.17, 15) is 14.6 Å². The molecule has 0 fully saturated rings. The highest BCUT2D eigenvalue weighted by atomic mass is 31.1. The van der Waals surface area contributed by atoms with Gasteiger partial charge in [0.05, 0.1) is 23.8 Å². The standard InChI is InChI=1S/C15H14NO4P/c1-2-20-21(19)9-10-5-12-7-11(15(17)18)3-4-14(12)13(6-10)8-16/h3-7,21H,2,9H2,1H3,(H,17,18). The maximum Gasteiger partial charge on any atom is 0.335 e. The average molecular weight is 303 g/mol. The van der Waals surface area contributed by atoms with E-state index in [1.165, 1.54) is 12.1 Å². The van der Waals surface area contributed by atoms with Gasteiger partial charge in [0.1, 0.15) is 0 Å². The number of carboxylic acids is 1. The Kier molecular flexibility index (Phi) is 4.74. The van der Waals surface area contributed by atoms with Gasteiger partial charge in [-0.3, -0.25) is 4.57 Å². The Balaban J connectivity index is 2.51. The first-order valence-corrected chi connectivity index (χ1v) is 7.93. The summed E-state index contributed by atoms with van der Waals surface area (Å²) in [6, 6.07) is 10.1. The molecule has 108 valence electrons. The third-order valence-corrected chi connectivity index (χ3v) is 4.34. The van der Waals surface area contributed by atoms with Crippen LogP contribution < -0.4 is 0 Å². The minimum Gasteiger partial charge on any atom is -0.478 e. The molecule has 21 heavy (non-hydrogen) atoms. The third-order valence-electron chi connectivity index (χ3n) is 3.03. The van der Waals surface area contributed by atoms with Crippen LogP contribution in [0, 0.1) is 11.3 Å². The Bertz CT molecular complexity index is 764. The molecule has 0 aromatic heterocycles. The molecule has 0 spiro atoms. The predicted molar refractivity (Wildman–Crippen MR) is 80.0 cm³/mol. The summed E-state index contributed by atoms with van der Waals surface area (Å²) in [5, 5.41) is 19.6. The first-order valence-electron chi connectivity index (χ1n) is 6.41. The van der Waals surface area contributed by atoms with Gasteiger partial charge in [0.25, 0.3) is 0 Å². The van der Waals surface area contributed by atoms with Crippen molar-refractivity contribution in [2.24, 2.45) is 0 Å². The molecule has 0 amide bonds. The first kappa shape index (κ1) is 15.2. The zero-order valence-electron chi connectivity index (χ0n) is 11.4. The monoisotopic (exact) mass is 303 g/mol. The third kappa shape index (κ3) is 3.49. The summed E-state index contributed by atoms with van der Waals surface area (Å²) < 4.78 is 16.8. The number of fused-ring (bicyclic) bond motifs is 1. The molecular weight excluding hydrogens is 289 g/mol. The van der Waals surface area contributed by atoms with E-state index in [1.807, 2.05) is 0 Å². The van der Waals surface area contributed by atoms with Gasteiger partial charge >= 0.3 is 5.97 Å².